The van der Waals surface area contributed by atoms with Gasteiger partial charge >= 0.3 is 18.0 Å². The number of ketones is 1. The van der Waals surface area contributed by atoms with Crippen molar-refractivity contribution in [3.05, 3.63) is 29.8 Å². The van der Waals surface area contributed by atoms with Crippen LogP contribution in [0.4, 0.5) is 10.5 Å². The second-order valence-corrected chi connectivity index (χ2v) is 4.22. The molecule has 1 atom stereocenters. The zero-order valence-electron chi connectivity index (χ0n) is 11.1. The number of aliphatic carboxylic acids is 2. The first kappa shape index (κ1) is 16.2. The summed E-state index contributed by atoms with van der Waals surface area (Å²) in [6.07, 6.45) is -0.740. The molecule has 8 heteroatoms. The van der Waals surface area contributed by atoms with Gasteiger partial charge in [-0.05, 0) is 19.1 Å². The molecule has 0 aliphatic heterocycles. The highest BCUT2D eigenvalue weighted by Crippen LogP contribution is 2.11. The molecule has 1 aromatic carbocycles. The van der Waals surface area contributed by atoms with Gasteiger partial charge in [-0.2, -0.15) is 0 Å². The van der Waals surface area contributed by atoms with Crippen molar-refractivity contribution in [1.29, 1.82) is 0 Å². The molecule has 0 saturated heterocycles. The fourth-order valence-electron chi connectivity index (χ4n) is 1.52. The van der Waals surface area contributed by atoms with Gasteiger partial charge in [0, 0.05) is 11.3 Å². The molecule has 4 N–H and O–H groups in total. The molecule has 1 rings (SSSR count). The van der Waals surface area contributed by atoms with Crippen molar-refractivity contribution in [3.63, 3.8) is 0 Å². The molecule has 0 aromatic heterocycles. The van der Waals surface area contributed by atoms with Gasteiger partial charge in [-0.1, -0.05) is 12.1 Å². The summed E-state index contributed by atoms with van der Waals surface area (Å²) in [6.45, 7) is 1.37. The minimum atomic E-state index is -1.54. The van der Waals surface area contributed by atoms with Crippen molar-refractivity contribution in [1.82, 2.24) is 5.32 Å². The Morgan fingerprint density at radius 3 is 2.38 bits per heavy atom. The average molecular weight is 294 g/mol. The third-order valence-electron chi connectivity index (χ3n) is 2.51. The summed E-state index contributed by atoms with van der Waals surface area (Å²) < 4.78 is 0. The first-order valence-electron chi connectivity index (χ1n) is 5.92. The Morgan fingerprint density at radius 2 is 1.86 bits per heavy atom. The van der Waals surface area contributed by atoms with Crippen molar-refractivity contribution in [2.75, 3.05) is 5.32 Å². The second-order valence-electron chi connectivity index (χ2n) is 4.22. The van der Waals surface area contributed by atoms with Gasteiger partial charge in [0.2, 0.25) is 0 Å². The van der Waals surface area contributed by atoms with Crippen molar-refractivity contribution in [2.45, 2.75) is 19.4 Å². The van der Waals surface area contributed by atoms with Crippen LogP contribution in [0.5, 0.6) is 0 Å². The number of carboxylic acids is 2. The minimum absolute atomic E-state index is 0.187. The number of Topliss-reactive ketones (excluding diaryl/α,β-unsaturated/α-hetero) is 1. The Labute approximate surface area is 119 Å². The predicted molar refractivity (Wildman–Crippen MR) is 72.3 cm³/mol. The van der Waals surface area contributed by atoms with E-state index in [0.29, 0.717) is 11.3 Å². The monoisotopic (exact) mass is 294 g/mol. The highest BCUT2D eigenvalue weighted by atomic mass is 16.4. The standard InChI is InChI=1S/C13H14N2O6/c1-7(16)8-3-2-4-9(5-8)14-13(21)15-10(12(19)20)6-11(17)18/h2-5,10H,6H2,1H3,(H,17,18)(H,19,20)(H2,14,15,21)/t10-/m1/s1. The molecular weight excluding hydrogens is 280 g/mol. The molecule has 0 spiro atoms. The molecule has 0 aliphatic rings. The van der Waals surface area contributed by atoms with Crippen molar-refractivity contribution < 1.29 is 29.4 Å². The van der Waals surface area contributed by atoms with E-state index in [1.165, 1.54) is 19.1 Å². The predicted octanol–water partition coefficient (Wildman–Crippen LogP) is 0.939. The van der Waals surface area contributed by atoms with E-state index in [1.807, 2.05) is 5.32 Å². The van der Waals surface area contributed by atoms with Crippen LogP contribution in [0.25, 0.3) is 0 Å². The highest BCUT2D eigenvalue weighted by molar-refractivity contribution is 5.97. The third-order valence-corrected chi connectivity index (χ3v) is 2.51. The van der Waals surface area contributed by atoms with E-state index < -0.39 is 30.4 Å². The summed E-state index contributed by atoms with van der Waals surface area (Å²) in [6, 6.07) is 3.64. The van der Waals surface area contributed by atoms with Gasteiger partial charge in [0.25, 0.3) is 0 Å². The first-order valence-corrected chi connectivity index (χ1v) is 5.92. The lowest BCUT2D eigenvalue weighted by Crippen LogP contribution is -2.44. The molecule has 0 aliphatic carbocycles. The fraction of sp³-hybridized carbons (Fsp3) is 0.231. The SMILES string of the molecule is CC(=O)c1cccc(NC(=O)N[C@H](CC(=O)O)C(=O)O)c1. The van der Waals surface area contributed by atoms with E-state index >= 15 is 0 Å². The molecule has 21 heavy (non-hydrogen) atoms. The van der Waals surface area contributed by atoms with Gasteiger partial charge in [-0.25, -0.2) is 9.59 Å². The van der Waals surface area contributed by atoms with Crippen molar-refractivity contribution >= 4 is 29.4 Å². The number of carbonyl (C=O) groups excluding carboxylic acids is 2. The van der Waals surface area contributed by atoms with Crippen LogP contribution < -0.4 is 10.6 Å². The smallest absolute Gasteiger partial charge is 0.326 e. The van der Waals surface area contributed by atoms with Crippen LogP contribution in [0.1, 0.15) is 23.7 Å². The first-order chi connectivity index (χ1) is 9.79. The van der Waals surface area contributed by atoms with Crippen LogP contribution in [-0.4, -0.2) is 40.0 Å². The lowest BCUT2D eigenvalue weighted by Gasteiger charge is -2.13. The number of anilines is 1. The maximum absolute atomic E-state index is 11.6. The van der Waals surface area contributed by atoms with Crippen molar-refractivity contribution in [2.24, 2.45) is 0 Å². The molecule has 112 valence electrons. The summed E-state index contributed by atoms with van der Waals surface area (Å²) in [4.78, 5) is 44.1. The molecular formula is C13H14N2O6. The number of benzene rings is 1. The number of hydrogen-bond acceptors (Lipinski definition) is 4. The molecule has 8 nitrogen and oxygen atoms in total. The Balaban J connectivity index is 2.72. The molecule has 0 radical (unpaired) electrons. The molecule has 0 unspecified atom stereocenters. The number of rotatable bonds is 6. The zero-order chi connectivity index (χ0) is 16.0. The van der Waals surface area contributed by atoms with Crippen LogP contribution in [0.2, 0.25) is 0 Å². The quantitative estimate of drug-likeness (QED) is 0.577. The van der Waals surface area contributed by atoms with Crippen LogP contribution in [0, 0.1) is 0 Å². The Kier molecular flexibility index (Phi) is 5.41. The van der Waals surface area contributed by atoms with Crippen LogP contribution in [0.3, 0.4) is 0 Å². The Bertz CT molecular complexity index is 584. The number of carboxylic acid groups (broad SMARTS) is 2. The summed E-state index contributed by atoms with van der Waals surface area (Å²) in [7, 11) is 0. The normalized spacial score (nSPS) is 11.3. The minimum Gasteiger partial charge on any atom is -0.481 e. The topological polar surface area (TPSA) is 133 Å². The lowest BCUT2D eigenvalue weighted by atomic mass is 10.1. The van der Waals surface area contributed by atoms with E-state index in [2.05, 4.69) is 5.32 Å². The number of nitrogens with one attached hydrogen (secondary N) is 2. The van der Waals surface area contributed by atoms with Crippen LogP contribution in [0.15, 0.2) is 24.3 Å². The molecule has 0 bridgehead atoms. The maximum Gasteiger partial charge on any atom is 0.326 e. The van der Waals surface area contributed by atoms with Crippen molar-refractivity contribution in [3.8, 4) is 0 Å². The summed E-state index contributed by atoms with van der Waals surface area (Å²) >= 11 is 0. The molecule has 0 fully saturated rings. The maximum atomic E-state index is 11.6. The highest BCUT2D eigenvalue weighted by Gasteiger charge is 2.23. The van der Waals surface area contributed by atoms with Crippen LogP contribution >= 0.6 is 0 Å². The van der Waals surface area contributed by atoms with Gasteiger partial charge in [0.15, 0.2) is 5.78 Å². The molecule has 0 heterocycles. The number of urea groups is 1. The van der Waals surface area contributed by atoms with Crippen LogP contribution in [-0.2, 0) is 9.59 Å². The molecule has 1 aromatic rings. The van der Waals surface area contributed by atoms with Gasteiger partial charge in [0.05, 0.1) is 6.42 Å². The van der Waals surface area contributed by atoms with E-state index in [9.17, 15) is 19.2 Å². The third kappa shape index (κ3) is 5.31. The van der Waals surface area contributed by atoms with E-state index in [-0.39, 0.29) is 5.78 Å². The van der Waals surface area contributed by atoms with Gasteiger partial charge in [0.1, 0.15) is 6.04 Å². The van der Waals surface area contributed by atoms with E-state index in [1.54, 1.807) is 12.1 Å². The molecule has 2 amide bonds. The number of hydrogen-bond donors (Lipinski definition) is 4. The van der Waals surface area contributed by atoms with Gasteiger partial charge in [-0.15, -0.1) is 0 Å². The lowest BCUT2D eigenvalue weighted by molar-refractivity contribution is -0.145. The Hall–Kier alpha value is -2.90. The van der Waals surface area contributed by atoms with Gasteiger partial charge < -0.3 is 20.8 Å². The molecule has 0 saturated carbocycles. The fourth-order valence-corrected chi connectivity index (χ4v) is 1.52. The zero-order valence-corrected chi connectivity index (χ0v) is 11.1. The van der Waals surface area contributed by atoms with E-state index in [4.69, 9.17) is 10.2 Å². The van der Waals surface area contributed by atoms with E-state index in [0.717, 1.165) is 0 Å². The largest absolute Gasteiger partial charge is 0.481 e. The van der Waals surface area contributed by atoms with Gasteiger partial charge in [-0.3, -0.25) is 9.59 Å². The second kappa shape index (κ2) is 7.04. The summed E-state index contributed by atoms with van der Waals surface area (Å²) in [5.41, 5.74) is 0.674. The number of amides is 2. The summed E-state index contributed by atoms with van der Waals surface area (Å²) in [5, 5.41) is 21.7. The Morgan fingerprint density at radius 1 is 1.19 bits per heavy atom. The number of carbonyl (C=O) groups is 4. The summed E-state index contributed by atoms with van der Waals surface area (Å²) in [5.74, 6) is -2.99. The average Bonchev–Trinajstić information content (AvgIpc) is 2.37.